The van der Waals surface area contributed by atoms with Crippen molar-refractivity contribution < 1.29 is 18.3 Å². The highest BCUT2D eigenvalue weighted by atomic mass is 32.1. The Balaban J connectivity index is 0.000000269. The lowest BCUT2D eigenvalue weighted by molar-refractivity contribution is 0.102. The van der Waals surface area contributed by atoms with Crippen molar-refractivity contribution in [3.05, 3.63) is 53.3 Å². The van der Waals surface area contributed by atoms with Crippen LogP contribution >= 0.6 is 11.3 Å². The molecule has 3 aromatic rings. The number of carbonyl (C=O) groups excluding carboxylic acids is 1. The lowest BCUT2D eigenvalue weighted by atomic mass is 10.1. The maximum atomic E-state index is 13.7. The van der Waals surface area contributed by atoms with E-state index in [-0.39, 0.29) is 16.3 Å². The largest absolute Gasteiger partial charge is 0.381 e. The third-order valence-electron chi connectivity index (χ3n) is 4.37. The first-order valence-corrected chi connectivity index (χ1v) is 10.3. The van der Waals surface area contributed by atoms with Crippen LogP contribution in [0.5, 0.6) is 0 Å². The minimum absolute atomic E-state index is 0.0894. The molecule has 0 radical (unpaired) electrons. The summed E-state index contributed by atoms with van der Waals surface area (Å²) in [5.74, 6) is -1.89. The second kappa shape index (κ2) is 10.4. The van der Waals surface area contributed by atoms with Gasteiger partial charge in [-0.2, -0.15) is 5.10 Å². The number of rotatable bonds is 3. The highest BCUT2D eigenvalue weighted by Gasteiger charge is 2.17. The minimum atomic E-state index is -0.714. The summed E-state index contributed by atoms with van der Waals surface area (Å²) in [6, 6.07) is 3.97. The number of hydrogen-bond donors (Lipinski definition) is 2. The first-order valence-electron chi connectivity index (χ1n) is 9.47. The van der Waals surface area contributed by atoms with E-state index < -0.39 is 17.5 Å². The van der Waals surface area contributed by atoms with Crippen LogP contribution in [0.1, 0.15) is 29.8 Å². The number of halogens is 2. The number of aromatic nitrogens is 3. The molecule has 3 N–H and O–H groups in total. The van der Waals surface area contributed by atoms with E-state index in [2.05, 4.69) is 15.4 Å². The van der Waals surface area contributed by atoms with Crippen LogP contribution in [-0.2, 0) is 11.8 Å². The number of aryl methyl sites for hydroxylation is 1. The molecule has 1 aliphatic rings. The summed E-state index contributed by atoms with van der Waals surface area (Å²) in [5, 5.41) is 8.10. The van der Waals surface area contributed by atoms with Crippen molar-refractivity contribution in [3.8, 4) is 10.6 Å². The maximum absolute atomic E-state index is 13.7. The number of anilines is 1. The van der Waals surface area contributed by atoms with Crippen LogP contribution in [0, 0.1) is 11.6 Å². The predicted molar refractivity (Wildman–Crippen MR) is 111 cm³/mol. The monoisotopic (exact) mass is 435 g/mol. The first-order chi connectivity index (χ1) is 14.4. The van der Waals surface area contributed by atoms with Crippen molar-refractivity contribution in [3.63, 3.8) is 0 Å². The smallest absolute Gasteiger partial charge is 0.275 e. The van der Waals surface area contributed by atoms with Gasteiger partial charge in [0.2, 0.25) is 0 Å². The van der Waals surface area contributed by atoms with Crippen LogP contribution in [0.4, 0.5) is 14.5 Å². The molecule has 0 bridgehead atoms. The molecule has 0 unspecified atom stereocenters. The fourth-order valence-corrected chi connectivity index (χ4v) is 3.65. The van der Waals surface area contributed by atoms with Crippen LogP contribution < -0.4 is 11.1 Å². The Morgan fingerprint density at radius 2 is 2.07 bits per heavy atom. The Morgan fingerprint density at radius 3 is 2.77 bits per heavy atom. The molecule has 1 amide bonds. The summed E-state index contributed by atoms with van der Waals surface area (Å²) < 4.78 is 34.1. The van der Waals surface area contributed by atoms with E-state index in [9.17, 15) is 13.6 Å². The number of benzene rings is 1. The van der Waals surface area contributed by atoms with Gasteiger partial charge in [0.15, 0.2) is 0 Å². The lowest BCUT2D eigenvalue weighted by Crippen LogP contribution is -2.19. The number of carbonyl (C=O) groups is 1. The second-order valence-electron chi connectivity index (χ2n) is 6.79. The van der Waals surface area contributed by atoms with Crippen LogP contribution in [-0.4, -0.2) is 39.9 Å². The summed E-state index contributed by atoms with van der Waals surface area (Å²) in [6.07, 6.45) is 6.44. The number of nitrogens with two attached hydrogens (primary N) is 1. The number of nitrogens with zero attached hydrogens (tertiary/aromatic N) is 3. The number of nitrogens with one attached hydrogen (secondary N) is 1. The van der Waals surface area contributed by atoms with Gasteiger partial charge in [0.25, 0.3) is 5.91 Å². The molecule has 160 valence electrons. The van der Waals surface area contributed by atoms with Crippen LogP contribution in [0.15, 0.2) is 36.0 Å². The summed E-state index contributed by atoms with van der Waals surface area (Å²) in [6.45, 7) is 1.77. The quantitative estimate of drug-likeness (QED) is 0.656. The fourth-order valence-electron chi connectivity index (χ4n) is 2.80. The van der Waals surface area contributed by atoms with Gasteiger partial charge in [0.1, 0.15) is 22.3 Å². The van der Waals surface area contributed by atoms with Crippen LogP contribution in [0.3, 0.4) is 0 Å². The summed E-state index contributed by atoms with van der Waals surface area (Å²) in [7, 11) is 1.72. The SMILES string of the molecule is Cn1cc(NC(=O)c2csc(-c3c(F)cccc3F)n2)cn1.N[C@@H]1CCCOCC1. The first kappa shape index (κ1) is 22.0. The molecule has 1 saturated heterocycles. The van der Waals surface area contributed by atoms with Crippen molar-refractivity contribution in [1.29, 1.82) is 0 Å². The summed E-state index contributed by atoms with van der Waals surface area (Å²) in [4.78, 5) is 16.1. The Labute approximate surface area is 176 Å². The van der Waals surface area contributed by atoms with E-state index in [0.29, 0.717) is 11.7 Å². The number of thiazole rings is 1. The molecule has 3 heterocycles. The van der Waals surface area contributed by atoms with Gasteiger partial charge in [-0.1, -0.05) is 6.07 Å². The second-order valence-corrected chi connectivity index (χ2v) is 7.65. The number of hydrogen-bond acceptors (Lipinski definition) is 6. The van der Waals surface area contributed by atoms with Crippen LogP contribution in [0.25, 0.3) is 10.6 Å². The molecule has 4 rings (SSSR count). The average Bonchev–Trinajstić information content (AvgIpc) is 3.27. The van der Waals surface area contributed by atoms with Gasteiger partial charge in [0.05, 0.1) is 17.4 Å². The van der Waals surface area contributed by atoms with Crippen molar-refractivity contribution in [2.24, 2.45) is 12.8 Å². The lowest BCUT2D eigenvalue weighted by Gasteiger charge is -2.02. The van der Waals surface area contributed by atoms with E-state index in [4.69, 9.17) is 10.5 Å². The molecule has 0 saturated carbocycles. The molecule has 2 aromatic heterocycles. The zero-order valence-electron chi connectivity index (χ0n) is 16.5. The Kier molecular flexibility index (Phi) is 7.61. The highest BCUT2D eigenvalue weighted by molar-refractivity contribution is 7.13. The zero-order valence-corrected chi connectivity index (χ0v) is 17.3. The number of ether oxygens (including phenoxy) is 1. The molecule has 1 aromatic carbocycles. The molecule has 0 aliphatic carbocycles. The van der Waals surface area contributed by atoms with Crippen LogP contribution in [0.2, 0.25) is 0 Å². The Bertz CT molecular complexity index is 963. The van der Waals surface area contributed by atoms with Gasteiger partial charge in [0, 0.05) is 37.9 Å². The van der Waals surface area contributed by atoms with Gasteiger partial charge in [-0.3, -0.25) is 9.48 Å². The number of amides is 1. The average molecular weight is 436 g/mol. The normalized spacial score (nSPS) is 16.3. The molecular formula is C20H23F2N5O2S. The van der Waals surface area contributed by atoms with Gasteiger partial charge >= 0.3 is 0 Å². The van der Waals surface area contributed by atoms with E-state index in [0.717, 1.165) is 55.9 Å². The van der Waals surface area contributed by atoms with Gasteiger partial charge < -0.3 is 15.8 Å². The summed E-state index contributed by atoms with van der Waals surface area (Å²) >= 11 is 1.00. The molecule has 1 fully saturated rings. The third-order valence-corrected chi connectivity index (χ3v) is 5.23. The van der Waals surface area contributed by atoms with Gasteiger partial charge in [-0.15, -0.1) is 11.3 Å². The molecule has 1 aliphatic heterocycles. The fraction of sp³-hybridized carbons (Fsp3) is 0.350. The molecule has 1 atom stereocenters. The van der Waals surface area contributed by atoms with E-state index >= 15 is 0 Å². The molecular weight excluding hydrogens is 412 g/mol. The third kappa shape index (κ3) is 5.91. The highest BCUT2D eigenvalue weighted by Crippen LogP contribution is 2.29. The van der Waals surface area contributed by atoms with Crippen molar-refractivity contribution in [2.75, 3.05) is 18.5 Å². The predicted octanol–water partition coefficient (Wildman–Crippen LogP) is 3.59. The minimum Gasteiger partial charge on any atom is -0.381 e. The Morgan fingerprint density at radius 1 is 1.30 bits per heavy atom. The van der Waals surface area contributed by atoms with Crippen molar-refractivity contribution in [2.45, 2.75) is 25.3 Å². The van der Waals surface area contributed by atoms with E-state index in [1.165, 1.54) is 22.3 Å². The molecule has 30 heavy (non-hydrogen) atoms. The Hall–Kier alpha value is -2.69. The van der Waals surface area contributed by atoms with Crippen molar-refractivity contribution >= 4 is 22.9 Å². The van der Waals surface area contributed by atoms with E-state index in [1.807, 2.05) is 0 Å². The maximum Gasteiger partial charge on any atom is 0.275 e. The standard InChI is InChI=1S/C14H10F2N4OS.C6H13NO/c1-20-6-8(5-17-20)18-13(21)11-7-22-14(19-11)12-9(15)3-2-4-10(12)16;7-6-2-1-4-8-5-3-6/h2-7H,1H3,(H,18,21);6H,1-5,7H2/t;6-/m.1/s1. The van der Waals surface area contributed by atoms with E-state index in [1.54, 1.807) is 13.2 Å². The zero-order chi connectivity index (χ0) is 21.5. The van der Waals surface area contributed by atoms with Gasteiger partial charge in [-0.05, 0) is 31.4 Å². The topological polar surface area (TPSA) is 95.1 Å². The summed E-state index contributed by atoms with van der Waals surface area (Å²) in [5.41, 5.74) is 6.03. The molecule has 10 heteroatoms. The van der Waals surface area contributed by atoms with Gasteiger partial charge in [-0.25, -0.2) is 13.8 Å². The molecule has 7 nitrogen and oxygen atoms in total. The van der Waals surface area contributed by atoms with Crippen molar-refractivity contribution in [1.82, 2.24) is 14.8 Å². The molecule has 0 spiro atoms.